The Balaban J connectivity index is 2.32. The van der Waals surface area contributed by atoms with Gasteiger partial charge in [0.05, 0.1) is 0 Å². The number of nitrogens with zero attached hydrogens (tertiary/aromatic N) is 2. The molecule has 0 heterocycles. The zero-order valence-electron chi connectivity index (χ0n) is 9.93. The van der Waals surface area contributed by atoms with Crippen molar-refractivity contribution in [3.8, 4) is 0 Å². The van der Waals surface area contributed by atoms with Gasteiger partial charge in [0.15, 0.2) is 4.33 Å². The normalized spacial score (nSPS) is 24.7. The number of aliphatic imine (C=N–C) groups is 2. The lowest BCUT2D eigenvalue weighted by Crippen LogP contribution is -2.37. The fourth-order valence-electron chi connectivity index (χ4n) is 2.59. The van der Waals surface area contributed by atoms with Gasteiger partial charge in [0.1, 0.15) is 0 Å². The molecule has 0 aliphatic heterocycles. The third-order valence-corrected chi connectivity index (χ3v) is 4.00. The van der Waals surface area contributed by atoms with Gasteiger partial charge < -0.3 is 0 Å². The Kier molecular flexibility index (Phi) is 2.79. The van der Waals surface area contributed by atoms with Gasteiger partial charge in [-0.3, -0.25) is 0 Å². The highest BCUT2D eigenvalue weighted by Crippen LogP contribution is 2.59. The molecule has 2 aliphatic carbocycles. The summed E-state index contributed by atoms with van der Waals surface area (Å²) in [6.07, 6.45) is 5.74. The Bertz CT molecular complexity index is 749. The fourth-order valence-corrected chi connectivity index (χ4v) is 3.11. The highest BCUT2D eigenvalue weighted by molar-refractivity contribution is 6.58. The molecule has 0 N–H and O–H groups in total. The van der Waals surface area contributed by atoms with Crippen LogP contribution in [0.2, 0.25) is 0 Å². The summed E-state index contributed by atoms with van der Waals surface area (Å²) in [5.74, 6) is 0. The van der Waals surface area contributed by atoms with Gasteiger partial charge in [-0.1, -0.05) is 47.5 Å². The van der Waals surface area contributed by atoms with Gasteiger partial charge in [0.25, 0.3) is 0 Å². The molecule has 20 heavy (non-hydrogen) atoms. The Morgan fingerprint density at radius 2 is 1.45 bits per heavy atom. The fraction of sp³-hybridized carbons (Fsp3) is 0.143. The van der Waals surface area contributed by atoms with E-state index < -0.39 is 10.00 Å². The maximum absolute atomic E-state index is 10.7. The average molecular weight is 305 g/mol. The van der Waals surface area contributed by atoms with Gasteiger partial charge in [-0.25, -0.2) is 9.59 Å². The summed E-state index contributed by atoms with van der Waals surface area (Å²) in [6, 6.07) is 7.35. The third-order valence-electron chi connectivity index (χ3n) is 3.37. The number of alkyl halides is 2. The molecule has 0 saturated carbocycles. The van der Waals surface area contributed by atoms with Crippen LogP contribution in [0.15, 0.2) is 46.4 Å². The molecule has 1 aromatic rings. The summed E-state index contributed by atoms with van der Waals surface area (Å²) < 4.78 is -1.25. The molecule has 0 radical (unpaired) electrons. The molecule has 6 heteroatoms. The SMILES string of the molecule is O=C=NC1(N=C=O)C=CC(Cl)(Cl)C2=C1c1ccccc12. The number of hydrogen-bond acceptors (Lipinski definition) is 4. The zero-order valence-corrected chi connectivity index (χ0v) is 11.4. The lowest BCUT2D eigenvalue weighted by molar-refractivity contribution is 0.546. The van der Waals surface area contributed by atoms with Crippen molar-refractivity contribution in [1.82, 2.24) is 0 Å². The number of carbonyl (C=O) groups excluding carboxylic acids is 2. The van der Waals surface area contributed by atoms with Crippen LogP contribution in [0.3, 0.4) is 0 Å². The van der Waals surface area contributed by atoms with Gasteiger partial charge in [-0.05, 0) is 23.3 Å². The standard InChI is InChI=1S/C14H6Cl2N2O2/c15-13(16)5-6-14(17-7-19,18-8-20)12-10-4-2-1-3-9(10)11(12)13/h1-6H. The van der Waals surface area contributed by atoms with Crippen molar-refractivity contribution in [1.29, 1.82) is 0 Å². The Morgan fingerprint density at radius 1 is 0.900 bits per heavy atom. The third kappa shape index (κ3) is 1.57. The topological polar surface area (TPSA) is 58.9 Å². The van der Waals surface area contributed by atoms with Crippen molar-refractivity contribution >= 4 is 46.5 Å². The van der Waals surface area contributed by atoms with E-state index >= 15 is 0 Å². The van der Waals surface area contributed by atoms with E-state index in [1.807, 2.05) is 24.3 Å². The monoisotopic (exact) mass is 304 g/mol. The molecule has 0 bridgehead atoms. The Labute approximate surface area is 124 Å². The minimum absolute atomic E-state index is 0.535. The first-order valence-corrected chi connectivity index (χ1v) is 6.42. The first-order valence-electron chi connectivity index (χ1n) is 5.67. The van der Waals surface area contributed by atoms with Crippen molar-refractivity contribution < 1.29 is 9.59 Å². The predicted octanol–water partition coefficient (Wildman–Crippen LogP) is 3.02. The predicted molar refractivity (Wildman–Crippen MR) is 75.8 cm³/mol. The van der Waals surface area contributed by atoms with Crippen molar-refractivity contribution in [3.63, 3.8) is 0 Å². The smallest absolute Gasteiger partial charge is 0.211 e. The minimum atomic E-state index is -1.47. The number of fused-ring (bicyclic) bond motifs is 3. The van der Waals surface area contributed by atoms with E-state index in [4.69, 9.17) is 23.2 Å². The van der Waals surface area contributed by atoms with Gasteiger partial charge in [-0.15, -0.1) is 0 Å². The van der Waals surface area contributed by atoms with Gasteiger partial charge in [0, 0.05) is 11.1 Å². The second kappa shape index (κ2) is 4.27. The lowest BCUT2D eigenvalue weighted by atomic mass is 9.70. The lowest BCUT2D eigenvalue weighted by Gasteiger charge is -2.41. The molecule has 0 amide bonds. The molecule has 0 saturated heterocycles. The van der Waals surface area contributed by atoms with E-state index in [9.17, 15) is 9.59 Å². The van der Waals surface area contributed by atoms with E-state index in [1.54, 1.807) is 0 Å². The van der Waals surface area contributed by atoms with E-state index in [2.05, 4.69) is 9.98 Å². The summed E-state index contributed by atoms with van der Waals surface area (Å²) >= 11 is 12.5. The van der Waals surface area contributed by atoms with Crippen molar-refractivity contribution in [2.75, 3.05) is 0 Å². The highest BCUT2D eigenvalue weighted by atomic mass is 35.5. The molecule has 0 unspecified atom stereocenters. The molecule has 0 spiro atoms. The first kappa shape index (κ1) is 13.0. The first-order chi connectivity index (χ1) is 9.56. The molecular formula is C14H6Cl2N2O2. The molecule has 4 nitrogen and oxygen atoms in total. The molecule has 2 aliphatic rings. The summed E-state index contributed by atoms with van der Waals surface area (Å²) in [7, 11) is 0. The van der Waals surface area contributed by atoms with Crippen LogP contribution in [0.5, 0.6) is 0 Å². The summed E-state index contributed by atoms with van der Waals surface area (Å²) in [6.45, 7) is 0. The average Bonchev–Trinajstić information content (AvgIpc) is 2.38. The summed E-state index contributed by atoms with van der Waals surface area (Å²) in [4.78, 5) is 28.7. The van der Waals surface area contributed by atoms with E-state index in [-0.39, 0.29) is 0 Å². The number of isocyanates is 2. The summed E-state index contributed by atoms with van der Waals surface area (Å²) in [5.41, 5.74) is 1.31. The van der Waals surface area contributed by atoms with Crippen LogP contribution >= 0.6 is 23.2 Å². The number of halogens is 2. The number of allylic oxidation sites excluding steroid dienone is 2. The van der Waals surface area contributed by atoms with Crippen LogP contribution in [-0.4, -0.2) is 22.2 Å². The zero-order chi connectivity index (χ0) is 14.4. The van der Waals surface area contributed by atoms with E-state index in [1.165, 1.54) is 24.3 Å². The molecule has 98 valence electrons. The van der Waals surface area contributed by atoms with E-state index in [0.717, 1.165) is 11.1 Å². The van der Waals surface area contributed by atoms with Crippen molar-refractivity contribution in [2.45, 2.75) is 10.00 Å². The maximum Gasteiger partial charge on any atom is 0.238 e. The molecule has 3 rings (SSSR count). The van der Waals surface area contributed by atoms with Crippen LogP contribution in [0.25, 0.3) is 11.1 Å². The van der Waals surface area contributed by atoms with Crippen LogP contribution in [0.1, 0.15) is 11.1 Å². The number of rotatable bonds is 2. The quantitative estimate of drug-likeness (QED) is 0.365. The maximum atomic E-state index is 10.7. The number of hydrogen-bond donors (Lipinski definition) is 0. The Morgan fingerprint density at radius 3 is 2.00 bits per heavy atom. The van der Waals surface area contributed by atoms with Crippen molar-refractivity contribution in [2.24, 2.45) is 9.98 Å². The molecule has 0 aromatic heterocycles. The molecule has 0 atom stereocenters. The Hall–Kier alpha value is -1.96. The van der Waals surface area contributed by atoms with Crippen molar-refractivity contribution in [3.05, 3.63) is 47.5 Å². The second-order valence-corrected chi connectivity index (χ2v) is 5.77. The van der Waals surface area contributed by atoms with Gasteiger partial charge in [0.2, 0.25) is 17.8 Å². The van der Waals surface area contributed by atoms with Crippen LogP contribution in [-0.2, 0) is 9.59 Å². The molecule has 0 fully saturated rings. The second-order valence-electron chi connectivity index (χ2n) is 4.38. The van der Waals surface area contributed by atoms with Gasteiger partial charge in [-0.2, -0.15) is 9.98 Å². The molecule has 1 aromatic carbocycles. The van der Waals surface area contributed by atoms with E-state index in [0.29, 0.717) is 11.1 Å². The van der Waals surface area contributed by atoms with Gasteiger partial charge >= 0.3 is 0 Å². The highest BCUT2D eigenvalue weighted by Gasteiger charge is 2.51. The largest absolute Gasteiger partial charge is 0.238 e. The minimum Gasteiger partial charge on any atom is -0.211 e. The number of benzene rings is 1. The van der Waals surface area contributed by atoms with Crippen LogP contribution in [0, 0.1) is 0 Å². The van der Waals surface area contributed by atoms with Crippen LogP contribution in [0.4, 0.5) is 0 Å². The van der Waals surface area contributed by atoms with Crippen LogP contribution < -0.4 is 0 Å². The summed E-state index contributed by atoms with van der Waals surface area (Å²) in [5, 5.41) is 0. The molecular weight excluding hydrogens is 299 g/mol.